The molecule has 0 fully saturated rings. The third-order valence-electron chi connectivity index (χ3n) is 1.62. The summed E-state index contributed by atoms with van der Waals surface area (Å²) in [6.07, 6.45) is 2.37. The molecular weight excluding hydrogens is 129 g/mol. The van der Waals surface area contributed by atoms with Crippen LogP contribution in [0.4, 0.5) is 10.1 Å². The van der Waals surface area contributed by atoms with Gasteiger partial charge in [0.15, 0.2) is 0 Å². The van der Waals surface area contributed by atoms with E-state index >= 15 is 0 Å². The Morgan fingerprint density at radius 1 is 1.40 bits per heavy atom. The molecule has 0 atom stereocenters. The molecule has 0 radical (unpaired) electrons. The lowest BCUT2D eigenvalue weighted by atomic mass is 10.1. The van der Waals surface area contributed by atoms with Crippen LogP contribution >= 0.6 is 0 Å². The van der Waals surface area contributed by atoms with Gasteiger partial charge in [-0.2, -0.15) is 0 Å². The largest absolute Gasteiger partial charge is 0.260 e. The van der Waals surface area contributed by atoms with Gasteiger partial charge in [-0.1, -0.05) is 6.07 Å². The van der Waals surface area contributed by atoms with Crippen molar-refractivity contribution in [2.24, 2.45) is 4.99 Å². The lowest BCUT2D eigenvalue weighted by Crippen LogP contribution is -1.84. The molecule has 0 saturated heterocycles. The van der Waals surface area contributed by atoms with Crippen molar-refractivity contribution in [3.8, 4) is 0 Å². The second-order valence-electron chi connectivity index (χ2n) is 2.25. The summed E-state index contributed by atoms with van der Waals surface area (Å²) >= 11 is 0. The molecular formula is C8H6FN. The van der Waals surface area contributed by atoms with Crippen LogP contribution in [0.3, 0.4) is 0 Å². The van der Waals surface area contributed by atoms with Crippen LogP contribution in [0, 0.1) is 5.82 Å². The van der Waals surface area contributed by atoms with Crippen molar-refractivity contribution in [1.82, 2.24) is 0 Å². The van der Waals surface area contributed by atoms with E-state index in [1.165, 1.54) is 6.07 Å². The summed E-state index contributed by atoms with van der Waals surface area (Å²) in [4.78, 5) is 4.00. The topological polar surface area (TPSA) is 12.4 Å². The number of hydrogen-bond acceptors (Lipinski definition) is 1. The van der Waals surface area contributed by atoms with Gasteiger partial charge < -0.3 is 0 Å². The minimum absolute atomic E-state index is 0.144. The Morgan fingerprint density at radius 2 is 2.30 bits per heavy atom. The van der Waals surface area contributed by atoms with Crippen LogP contribution in [-0.2, 0) is 6.42 Å². The van der Waals surface area contributed by atoms with Gasteiger partial charge in [0.1, 0.15) is 5.82 Å². The molecule has 1 nitrogen and oxygen atoms in total. The van der Waals surface area contributed by atoms with E-state index in [2.05, 4.69) is 4.99 Å². The van der Waals surface area contributed by atoms with E-state index in [0.717, 1.165) is 11.3 Å². The quantitative estimate of drug-likeness (QED) is 0.516. The van der Waals surface area contributed by atoms with Gasteiger partial charge in [-0.25, -0.2) is 4.39 Å². The molecule has 50 valence electrons. The van der Waals surface area contributed by atoms with Crippen LogP contribution < -0.4 is 0 Å². The Morgan fingerprint density at radius 3 is 3.10 bits per heavy atom. The summed E-state index contributed by atoms with van der Waals surface area (Å²) in [5, 5.41) is 0. The van der Waals surface area contributed by atoms with Crippen LogP contribution in [0.1, 0.15) is 5.56 Å². The summed E-state index contributed by atoms with van der Waals surface area (Å²) < 4.78 is 12.8. The standard InChI is InChI=1S/C8H6FN/c9-7-2-1-3-8-6(7)4-5-10-8/h1-3,5H,4H2. The van der Waals surface area contributed by atoms with Gasteiger partial charge >= 0.3 is 0 Å². The number of fused-ring (bicyclic) bond motifs is 1. The molecule has 0 unspecified atom stereocenters. The molecule has 1 aromatic carbocycles. The zero-order valence-corrected chi connectivity index (χ0v) is 5.34. The highest BCUT2D eigenvalue weighted by Gasteiger charge is 2.09. The Labute approximate surface area is 58.2 Å². The van der Waals surface area contributed by atoms with E-state index in [-0.39, 0.29) is 5.82 Å². The second-order valence-corrected chi connectivity index (χ2v) is 2.25. The van der Waals surface area contributed by atoms with Gasteiger partial charge in [-0.15, -0.1) is 0 Å². The molecule has 0 saturated carbocycles. The van der Waals surface area contributed by atoms with E-state index in [1.54, 1.807) is 12.3 Å². The van der Waals surface area contributed by atoms with Crippen LogP contribution in [-0.4, -0.2) is 6.21 Å². The summed E-state index contributed by atoms with van der Waals surface area (Å²) in [5.41, 5.74) is 1.50. The van der Waals surface area contributed by atoms with E-state index in [9.17, 15) is 4.39 Å². The van der Waals surface area contributed by atoms with Crippen molar-refractivity contribution in [3.05, 3.63) is 29.6 Å². The average molecular weight is 135 g/mol. The molecule has 1 aliphatic rings. The van der Waals surface area contributed by atoms with Crippen molar-refractivity contribution >= 4 is 11.9 Å². The van der Waals surface area contributed by atoms with E-state index < -0.39 is 0 Å². The van der Waals surface area contributed by atoms with Gasteiger partial charge in [0.25, 0.3) is 0 Å². The molecule has 1 heterocycles. The highest BCUT2D eigenvalue weighted by Crippen LogP contribution is 2.25. The molecule has 2 rings (SSSR count). The Kier molecular flexibility index (Phi) is 1.07. The van der Waals surface area contributed by atoms with Gasteiger partial charge in [0.2, 0.25) is 0 Å². The van der Waals surface area contributed by atoms with Crippen molar-refractivity contribution in [3.63, 3.8) is 0 Å². The molecule has 0 amide bonds. The minimum Gasteiger partial charge on any atom is -0.260 e. The van der Waals surface area contributed by atoms with Gasteiger partial charge in [0, 0.05) is 18.2 Å². The van der Waals surface area contributed by atoms with Gasteiger partial charge in [-0.05, 0) is 12.1 Å². The fraction of sp³-hybridized carbons (Fsp3) is 0.125. The molecule has 0 bridgehead atoms. The number of benzene rings is 1. The molecule has 0 N–H and O–H groups in total. The molecule has 10 heavy (non-hydrogen) atoms. The smallest absolute Gasteiger partial charge is 0.128 e. The van der Waals surface area contributed by atoms with Crippen molar-refractivity contribution in [2.45, 2.75) is 6.42 Å². The molecule has 0 aromatic heterocycles. The predicted molar refractivity (Wildman–Crippen MR) is 38.3 cm³/mol. The molecule has 2 heteroatoms. The second kappa shape index (κ2) is 1.90. The molecule has 1 aliphatic heterocycles. The van der Waals surface area contributed by atoms with Crippen LogP contribution in [0.15, 0.2) is 23.2 Å². The lowest BCUT2D eigenvalue weighted by Gasteiger charge is -1.95. The first-order chi connectivity index (χ1) is 4.88. The molecule has 0 spiro atoms. The normalized spacial score (nSPS) is 13.7. The zero-order valence-electron chi connectivity index (χ0n) is 5.34. The van der Waals surface area contributed by atoms with Gasteiger partial charge in [-0.3, -0.25) is 4.99 Å². The first-order valence-corrected chi connectivity index (χ1v) is 3.18. The summed E-state index contributed by atoms with van der Waals surface area (Å²) in [6, 6.07) is 4.96. The Hall–Kier alpha value is -1.18. The highest BCUT2D eigenvalue weighted by atomic mass is 19.1. The minimum atomic E-state index is -0.144. The first kappa shape index (κ1) is 5.59. The zero-order chi connectivity index (χ0) is 6.97. The lowest BCUT2D eigenvalue weighted by molar-refractivity contribution is 0.618. The maximum atomic E-state index is 12.8. The maximum absolute atomic E-state index is 12.8. The number of rotatable bonds is 0. The average Bonchev–Trinajstić information content (AvgIpc) is 2.36. The predicted octanol–water partition coefficient (Wildman–Crippen LogP) is 2.08. The number of hydrogen-bond donors (Lipinski definition) is 0. The highest BCUT2D eigenvalue weighted by molar-refractivity contribution is 5.75. The summed E-state index contributed by atoms with van der Waals surface area (Å²) in [6.45, 7) is 0. The fourth-order valence-corrected chi connectivity index (χ4v) is 1.11. The SMILES string of the molecule is Fc1cccc2c1CC=N2. The Bertz CT molecular complexity index is 291. The van der Waals surface area contributed by atoms with Crippen molar-refractivity contribution < 1.29 is 4.39 Å². The maximum Gasteiger partial charge on any atom is 0.128 e. The van der Waals surface area contributed by atoms with E-state index in [1.807, 2.05) is 6.07 Å². The van der Waals surface area contributed by atoms with E-state index in [4.69, 9.17) is 0 Å². The first-order valence-electron chi connectivity index (χ1n) is 3.18. The van der Waals surface area contributed by atoms with Crippen LogP contribution in [0.2, 0.25) is 0 Å². The third kappa shape index (κ3) is 0.652. The summed E-state index contributed by atoms with van der Waals surface area (Å²) in [5.74, 6) is -0.144. The van der Waals surface area contributed by atoms with Crippen molar-refractivity contribution in [1.29, 1.82) is 0 Å². The Balaban J connectivity index is 2.66. The van der Waals surface area contributed by atoms with Crippen molar-refractivity contribution in [2.75, 3.05) is 0 Å². The van der Waals surface area contributed by atoms with E-state index in [0.29, 0.717) is 6.42 Å². The van der Waals surface area contributed by atoms with Gasteiger partial charge in [0.05, 0.1) is 5.69 Å². The number of halogens is 1. The molecule has 1 aromatic rings. The van der Waals surface area contributed by atoms with Crippen LogP contribution in [0.5, 0.6) is 0 Å². The van der Waals surface area contributed by atoms with Crippen LogP contribution in [0.25, 0.3) is 0 Å². The summed E-state index contributed by atoms with van der Waals surface area (Å²) in [7, 11) is 0. The molecule has 0 aliphatic carbocycles. The fourth-order valence-electron chi connectivity index (χ4n) is 1.11. The monoisotopic (exact) mass is 135 g/mol. The third-order valence-corrected chi connectivity index (χ3v) is 1.62. The number of aliphatic imine (C=N–C) groups is 1. The number of nitrogens with zero attached hydrogens (tertiary/aromatic N) is 1.